The number of halogens is 1. The van der Waals surface area contributed by atoms with E-state index in [0.717, 1.165) is 31.7 Å². The number of esters is 1. The molecule has 3 heterocycles. The maximum Gasteiger partial charge on any atom is 0.340 e. The van der Waals surface area contributed by atoms with Gasteiger partial charge in [-0.05, 0) is 51.1 Å². The average Bonchev–Trinajstić information content (AvgIpc) is 2.86. The van der Waals surface area contributed by atoms with Gasteiger partial charge < -0.3 is 14.0 Å². The smallest absolute Gasteiger partial charge is 0.340 e. The predicted octanol–water partition coefficient (Wildman–Crippen LogP) is 3.56. The van der Waals surface area contributed by atoms with Gasteiger partial charge in [-0.2, -0.15) is 4.98 Å². The molecule has 0 radical (unpaired) electrons. The van der Waals surface area contributed by atoms with Crippen molar-refractivity contribution in [1.29, 1.82) is 0 Å². The number of ether oxygens (including phenoxy) is 2. The first-order chi connectivity index (χ1) is 11.5. The second-order valence-electron chi connectivity index (χ2n) is 6.12. The van der Waals surface area contributed by atoms with Crippen molar-refractivity contribution in [3.05, 3.63) is 22.7 Å². The van der Waals surface area contributed by atoms with Gasteiger partial charge in [0, 0.05) is 31.1 Å². The molecule has 0 amide bonds. The molecule has 2 aromatic rings. The van der Waals surface area contributed by atoms with Crippen LogP contribution >= 0.6 is 11.6 Å². The van der Waals surface area contributed by atoms with Crippen LogP contribution in [0.15, 0.2) is 6.20 Å². The first-order valence-electron chi connectivity index (χ1n) is 8.32. The Labute approximate surface area is 146 Å². The van der Waals surface area contributed by atoms with Crippen molar-refractivity contribution in [2.45, 2.75) is 39.7 Å². The number of hydrogen-bond acceptors (Lipinski definition) is 5. The van der Waals surface area contributed by atoms with Gasteiger partial charge in [0.2, 0.25) is 5.28 Å². The lowest BCUT2D eigenvalue weighted by Crippen LogP contribution is -2.25. The highest BCUT2D eigenvalue weighted by atomic mass is 35.5. The summed E-state index contributed by atoms with van der Waals surface area (Å²) in [5, 5.41) is 0.866. The zero-order chi connectivity index (χ0) is 17.3. The number of carbonyl (C=O) groups is 1. The van der Waals surface area contributed by atoms with Crippen LogP contribution in [0, 0.1) is 12.8 Å². The number of nitrogens with zero attached hydrogens (tertiary/aromatic N) is 3. The van der Waals surface area contributed by atoms with Gasteiger partial charge in [-0.15, -0.1) is 0 Å². The Balaban J connectivity index is 2.13. The summed E-state index contributed by atoms with van der Waals surface area (Å²) in [7, 11) is 0. The van der Waals surface area contributed by atoms with Crippen molar-refractivity contribution < 1.29 is 14.3 Å². The Morgan fingerprint density at radius 3 is 2.88 bits per heavy atom. The molecule has 130 valence electrons. The number of fused-ring (bicyclic) bond motifs is 1. The Morgan fingerprint density at radius 2 is 2.21 bits per heavy atom. The van der Waals surface area contributed by atoms with E-state index in [0.29, 0.717) is 29.1 Å². The van der Waals surface area contributed by atoms with E-state index in [-0.39, 0.29) is 17.3 Å². The molecule has 1 aliphatic heterocycles. The van der Waals surface area contributed by atoms with Gasteiger partial charge in [-0.25, -0.2) is 9.78 Å². The van der Waals surface area contributed by atoms with Gasteiger partial charge >= 0.3 is 5.97 Å². The summed E-state index contributed by atoms with van der Waals surface area (Å²) in [5.41, 5.74) is 2.07. The van der Waals surface area contributed by atoms with E-state index in [4.69, 9.17) is 21.1 Å². The van der Waals surface area contributed by atoms with E-state index >= 15 is 0 Å². The second-order valence-corrected chi connectivity index (χ2v) is 6.46. The summed E-state index contributed by atoms with van der Waals surface area (Å²) < 4.78 is 12.8. The summed E-state index contributed by atoms with van der Waals surface area (Å²) >= 11 is 6.01. The maximum atomic E-state index is 12.4. The Hall–Kier alpha value is -1.66. The molecule has 1 fully saturated rings. The lowest BCUT2D eigenvalue weighted by Gasteiger charge is -2.30. The molecular weight excluding hydrogens is 330 g/mol. The molecule has 0 bridgehead atoms. The molecule has 1 unspecified atom stereocenters. The molecule has 1 atom stereocenters. The maximum absolute atomic E-state index is 12.4. The van der Waals surface area contributed by atoms with Crippen molar-refractivity contribution in [3.63, 3.8) is 0 Å². The molecule has 1 saturated heterocycles. The van der Waals surface area contributed by atoms with E-state index < -0.39 is 0 Å². The Bertz CT molecular complexity index is 753. The lowest BCUT2D eigenvalue weighted by atomic mass is 9.92. The number of rotatable bonds is 4. The zero-order valence-corrected chi connectivity index (χ0v) is 15.0. The molecule has 1 aliphatic rings. The SMILES string of the molecule is CCOC(=O)c1c(C)n(C(C)C2CCOCC2)c2nc(Cl)ncc12. The Kier molecular flexibility index (Phi) is 5.06. The molecule has 0 spiro atoms. The minimum atomic E-state index is -0.344. The van der Waals surface area contributed by atoms with Gasteiger partial charge in [-0.1, -0.05) is 0 Å². The van der Waals surface area contributed by atoms with Gasteiger partial charge in [0.15, 0.2) is 0 Å². The lowest BCUT2D eigenvalue weighted by molar-refractivity contribution is 0.0504. The van der Waals surface area contributed by atoms with E-state index in [1.54, 1.807) is 13.1 Å². The van der Waals surface area contributed by atoms with Gasteiger partial charge in [0.25, 0.3) is 0 Å². The summed E-state index contributed by atoms with van der Waals surface area (Å²) in [4.78, 5) is 20.9. The van der Waals surface area contributed by atoms with E-state index in [2.05, 4.69) is 21.5 Å². The van der Waals surface area contributed by atoms with E-state index in [1.807, 2.05) is 6.92 Å². The van der Waals surface area contributed by atoms with Crippen LogP contribution in [0.4, 0.5) is 0 Å². The highest BCUT2D eigenvalue weighted by Crippen LogP contribution is 2.35. The third-order valence-corrected chi connectivity index (χ3v) is 4.98. The van der Waals surface area contributed by atoms with Crippen molar-refractivity contribution in [3.8, 4) is 0 Å². The van der Waals surface area contributed by atoms with Crippen LogP contribution in [-0.2, 0) is 9.47 Å². The zero-order valence-electron chi connectivity index (χ0n) is 14.2. The number of hydrogen-bond donors (Lipinski definition) is 0. The minimum absolute atomic E-state index is 0.177. The molecule has 0 saturated carbocycles. The number of aromatic nitrogens is 3. The molecule has 0 N–H and O–H groups in total. The first-order valence-corrected chi connectivity index (χ1v) is 8.70. The largest absolute Gasteiger partial charge is 0.462 e. The summed E-state index contributed by atoms with van der Waals surface area (Å²) in [6.07, 6.45) is 3.60. The fourth-order valence-electron chi connectivity index (χ4n) is 3.55. The molecule has 6 nitrogen and oxygen atoms in total. The first kappa shape index (κ1) is 17.2. The van der Waals surface area contributed by atoms with Gasteiger partial charge in [-0.3, -0.25) is 0 Å². The fraction of sp³-hybridized carbons (Fsp3) is 0.588. The van der Waals surface area contributed by atoms with Crippen molar-refractivity contribution in [2.75, 3.05) is 19.8 Å². The summed E-state index contributed by atoms with van der Waals surface area (Å²) in [6, 6.07) is 0.186. The van der Waals surface area contributed by atoms with Crippen LogP contribution in [0.3, 0.4) is 0 Å². The van der Waals surface area contributed by atoms with E-state index in [1.165, 1.54) is 0 Å². The van der Waals surface area contributed by atoms with Gasteiger partial charge in [0.05, 0.1) is 17.6 Å². The third kappa shape index (κ3) is 3.00. The number of carbonyl (C=O) groups excluding carboxylic acids is 1. The second kappa shape index (κ2) is 7.07. The van der Waals surface area contributed by atoms with Crippen LogP contribution in [0.5, 0.6) is 0 Å². The van der Waals surface area contributed by atoms with Crippen LogP contribution in [0.25, 0.3) is 11.0 Å². The molecule has 0 aromatic carbocycles. The van der Waals surface area contributed by atoms with Crippen molar-refractivity contribution >= 4 is 28.6 Å². The average molecular weight is 352 g/mol. The standard InChI is InChI=1S/C17H22ClN3O3/c1-4-24-16(22)14-11(3)21(10(2)12-5-7-23-8-6-12)15-13(14)9-19-17(18)20-15/h9-10,12H,4-8H2,1-3H3. The van der Waals surface area contributed by atoms with Crippen molar-refractivity contribution in [2.24, 2.45) is 5.92 Å². The summed E-state index contributed by atoms with van der Waals surface area (Å²) in [6.45, 7) is 7.76. The highest BCUT2D eigenvalue weighted by molar-refractivity contribution is 6.28. The van der Waals surface area contributed by atoms with E-state index in [9.17, 15) is 4.79 Å². The quantitative estimate of drug-likeness (QED) is 0.622. The third-order valence-electron chi connectivity index (χ3n) is 4.79. The van der Waals surface area contributed by atoms with Crippen molar-refractivity contribution in [1.82, 2.24) is 14.5 Å². The molecule has 0 aliphatic carbocycles. The van der Waals surface area contributed by atoms with Crippen LogP contribution < -0.4 is 0 Å². The van der Waals surface area contributed by atoms with Crippen LogP contribution in [-0.4, -0.2) is 40.3 Å². The summed E-state index contributed by atoms with van der Waals surface area (Å²) in [5.74, 6) is 0.126. The molecule has 3 rings (SSSR count). The molecule has 2 aromatic heterocycles. The minimum Gasteiger partial charge on any atom is -0.462 e. The molecular formula is C17H22ClN3O3. The topological polar surface area (TPSA) is 66.2 Å². The highest BCUT2D eigenvalue weighted by Gasteiger charge is 2.29. The van der Waals surface area contributed by atoms with Crippen LogP contribution in [0.1, 0.15) is 48.8 Å². The molecule has 7 heteroatoms. The van der Waals surface area contributed by atoms with Gasteiger partial charge in [0.1, 0.15) is 5.65 Å². The normalized spacial score (nSPS) is 17.2. The monoisotopic (exact) mass is 351 g/mol. The fourth-order valence-corrected chi connectivity index (χ4v) is 3.68. The Morgan fingerprint density at radius 1 is 1.50 bits per heavy atom. The predicted molar refractivity (Wildman–Crippen MR) is 91.5 cm³/mol. The molecule has 24 heavy (non-hydrogen) atoms. The van der Waals surface area contributed by atoms with Crippen LogP contribution in [0.2, 0.25) is 5.28 Å².